The lowest BCUT2D eigenvalue weighted by Crippen LogP contribution is -2.06. The van der Waals surface area contributed by atoms with E-state index in [2.05, 4.69) is 11.2 Å². The van der Waals surface area contributed by atoms with Gasteiger partial charge in [-0.05, 0) is 43.7 Å². The van der Waals surface area contributed by atoms with Crippen LogP contribution in [0.2, 0.25) is 0 Å². The summed E-state index contributed by atoms with van der Waals surface area (Å²) in [7, 11) is 0. The summed E-state index contributed by atoms with van der Waals surface area (Å²) in [5, 5.41) is 13.3. The zero-order chi connectivity index (χ0) is 12.4. The molecule has 0 aliphatic rings. The molecule has 0 radical (unpaired) electrons. The second-order valence-electron chi connectivity index (χ2n) is 4.00. The zero-order valence-electron chi connectivity index (χ0n) is 9.74. The molecule has 0 aliphatic heterocycles. The van der Waals surface area contributed by atoms with E-state index in [1.54, 1.807) is 4.68 Å². The standard InChI is InChI=1S/C13H12FN3/c1-9-5-10(2)17(16-9)8-12-6-13(14)4-3-11(12)7-15/h3-6H,8H2,1-2H3. The molecule has 1 aromatic heterocycles. The van der Waals surface area contributed by atoms with Gasteiger partial charge in [0, 0.05) is 5.69 Å². The number of aryl methyl sites for hydroxylation is 2. The van der Waals surface area contributed by atoms with Crippen LogP contribution in [-0.4, -0.2) is 9.78 Å². The van der Waals surface area contributed by atoms with E-state index in [-0.39, 0.29) is 5.82 Å². The Balaban J connectivity index is 2.39. The maximum Gasteiger partial charge on any atom is 0.123 e. The van der Waals surface area contributed by atoms with Crippen molar-refractivity contribution in [2.45, 2.75) is 20.4 Å². The van der Waals surface area contributed by atoms with Crippen LogP contribution in [0.5, 0.6) is 0 Å². The summed E-state index contributed by atoms with van der Waals surface area (Å²) in [6.07, 6.45) is 0. The normalized spacial score (nSPS) is 10.2. The molecule has 0 fully saturated rings. The van der Waals surface area contributed by atoms with Gasteiger partial charge in [-0.2, -0.15) is 10.4 Å². The molecule has 0 unspecified atom stereocenters. The molecule has 17 heavy (non-hydrogen) atoms. The first-order valence-electron chi connectivity index (χ1n) is 5.29. The van der Waals surface area contributed by atoms with Crippen molar-refractivity contribution in [3.8, 4) is 6.07 Å². The molecule has 4 heteroatoms. The molecule has 86 valence electrons. The van der Waals surface area contributed by atoms with Crippen molar-refractivity contribution in [1.82, 2.24) is 9.78 Å². The zero-order valence-corrected chi connectivity index (χ0v) is 9.74. The van der Waals surface area contributed by atoms with Crippen LogP contribution < -0.4 is 0 Å². The molecule has 2 aromatic rings. The Bertz CT molecular complexity index is 593. The Kier molecular flexibility index (Phi) is 2.92. The number of hydrogen-bond donors (Lipinski definition) is 0. The maximum absolute atomic E-state index is 13.2. The number of aromatic nitrogens is 2. The maximum atomic E-state index is 13.2. The summed E-state index contributed by atoms with van der Waals surface area (Å²) in [5.41, 5.74) is 3.05. The monoisotopic (exact) mass is 229 g/mol. The average Bonchev–Trinajstić information content (AvgIpc) is 2.58. The van der Waals surface area contributed by atoms with Gasteiger partial charge in [-0.25, -0.2) is 4.39 Å². The van der Waals surface area contributed by atoms with Crippen molar-refractivity contribution < 1.29 is 4.39 Å². The van der Waals surface area contributed by atoms with E-state index < -0.39 is 0 Å². The number of benzene rings is 1. The van der Waals surface area contributed by atoms with Gasteiger partial charge in [0.05, 0.1) is 23.9 Å². The van der Waals surface area contributed by atoms with Gasteiger partial charge in [-0.3, -0.25) is 4.68 Å². The fraction of sp³-hybridized carbons (Fsp3) is 0.231. The molecule has 0 spiro atoms. The Morgan fingerprint density at radius 1 is 1.35 bits per heavy atom. The van der Waals surface area contributed by atoms with Crippen molar-refractivity contribution in [1.29, 1.82) is 5.26 Å². The quantitative estimate of drug-likeness (QED) is 0.794. The fourth-order valence-corrected chi connectivity index (χ4v) is 1.80. The van der Waals surface area contributed by atoms with Gasteiger partial charge in [-0.15, -0.1) is 0 Å². The van der Waals surface area contributed by atoms with Gasteiger partial charge < -0.3 is 0 Å². The third kappa shape index (κ3) is 2.34. The van der Waals surface area contributed by atoms with Crippen LogP contribution in [0, 0.1) is 31.0 Å². The topological polar surface area (TPSA) is 41.6 Å². The van der Waals surface area contributed by atoms with Gasteiger partial charge >= 0.3 is 0 Å². The van der Waals surface area contributed by atoms with E-state index in [1.807, 2.05) is 19.9 Å². The fourth-order valence-electron chi connectivity index (χ4n) is 1.80. The SMILES string of the molecule is Cc1cc(C)n(Cc2cc(F)ccc2C#N)n1. The Morgan fingerprint density at radius 2 is 2.12 bits per heavy atom. The molecule has 0 saturated carbocycles. The van der Waals surface area contributed by atoms with Crippen LogP contribution >= 0.6 is 0 Å². The summed E-state index contributed by atoms with van der Waals surface area (Å²) >= 11 is 0. The number of rotatable bonds is 2. The summed E-state index contributed by atoms with van der Waals surface area (Å²) in [4.78, 5) is 0. The third-order valence-electron chi connectivity index (χ3n) is 2.61. The van der Waals surface area contributed by atoms with Gasteiger partial charge in [0.1, 0.15) is 5.82 Å². The molecule has 3 nitrogen and oxygen atoms in total. The summed E-state index contributed by atoms with van der Waals surface area (Å²) in [6, 6.07) is 8.19. The predicted octanol–water partition coefficient (Wildman–Crippen LogP) is 2.56. The Morgan fingerprint density at radius 3 is 2.71 bits per heavy atom. The molecule has 0 saturated heterocycles. The van der Waals surface area contributed by atoms with E-state index >= 15 is 0 Å². The van der Waals surface area contributed by atoms with Gasteiger partial charge in [0.25, 0.3) is 0 Å². The highest BCUT2D eigenvalue weighted by Gasteiger charge is 2.07. The van der Waals surface area contributed by atoms with Crippen molar-refractivity contribution in [3.05, 3.63) is 52.6 Å². The molecular weight excluding hydrogens is 217 g/mol. The highest BCUT2D eigenvalue weighted by Crippen LogP contribution is 2.13. The van der Waals surface area contributed by atoms with Crippen molar-refractivity contribution in [2.75, 3.05) is 0 Å². The number of nitrogens with zero attached hydrogens (tertiary/aromatic N) is 3. The van der Waals surface area contributed by atoms with Gasteiger partial charge in [0.15, 0.2) is 0 Å². The molecule has 0 amide bonds. The summed E-state index contributed by atoms with van der Waals surface area (Å²) in [5.74, 6) is -0.333. The number of nitriles is 1. The minimum Gasteiger partial charge on any atom is -0.265 e. The van der Waals surface area contributed by atoms with E-state index in [1.165, 1.54) is 18.2 Å². The largest absolute Gasteiger partial charge is 0.265 e. The van der Waals surface area contributed by atoms with E-state index in [9.17, 15) is 4.39 Å². The minimum absolute atomic E-state index is 0.333. The van der Waals surface area contributed by atoms with Crippen LogP contribution in [0.1, 0.15) is 22.5 Å². The lowest BCUT2D eigenvalue weighted by atomic mass is 10.1. The van der Waals surface area contributed by atoms with Crippen LogP contribution in [0.4, 0.5) is 4.39 Å². The second-order valence-corrected chi connectivity index (χ2v) is 4.00. The Labute approximate surface area is 99.1 Å². The van der Waals surface area contributed by atoms with E-state index in [4.69, 9.17) is 5.26 Å². The van der Waals surface area contributed by atoms with Crippen molar-refractivity contribution >= 4 is 0 Å². The van der Waals surface area contributed by atoms with E-state index in [0.717, 1.165) is 11.4 Å². The smallest absolute Gasteiger partial charge is 0.123 e. The first-order valence-corrected chi connectivity index (χ1v) is 5.29. The number of hydrogen-bond acceptors (Lipinski definition) is 2. The first-order chi connectivity index (χ1) is 8.10. The summed E-state index contributed by atoms with van der Waals surface area (Å²) in [6.45, 7) is 4.26. The highest BCUT2D eigenvalue weighted by molar-refractivity contribution is 5.38. The molecule has 0 bridgehead atoms. The lowest BCUT2D eigenvalue weighted by Gasteiger charge is -2.06. The van der Waals surface area contributed by atoms with Crippen LogP contribution in [0.25, 0.3) is 0 Å². The molecule has 2 rings (SSSR count). The van der Waals surface area contributed by atoms with Gasteiger partial charge in [-0.1, -0.05) is 0 Å². The molecule has 1 heterocycles. The lowest BCUT2D eigenvalue weighted by molar-refractivity contribution is 0.615. The van der Waals surface area contributed by atoms with Crippen LogP contribution in [0.3, 0.4) is 0 Å². The molecule has 0 atom stereocenters. The molecule has 1 aromatic carbocycles. The first kappa shape index (κ1) is 11.3. The van der Waals surface area contributed by atoms with Gasteiger partial charge in [0.2, 0.25) is 0 Å². The third-order valence-corrected chi connectivity index (χ3v) is 2.61. The second kappa shape index (κ2) is 4.38. The molecule has 0 N–H and O–H groups in total. The molecule has 0 aliphatic carbocycles. The average molecular weight is 229 g/mol. The number of halogens is 1. The Hall–Kier alpha value is -2.15. The van der Waals surface area contributed by atoms with Crippen molar-refractivity contribution in [2.24, 2.45) is 0 Å². The van der Waals surface area contributed by atoms with Crippen LogP contribution in [-0.2, 0) is 6.54 Å². The predicted molar refractivity (Wildman–Crippen MR) is 61.9 cm³/mol. The van der Waals surface area contributed by atoms with Crippen LogP contribution in [0.15, 0.2) is 24.3 Å². The summed E-state index contributed by atoms with van der Waals surface area (Å²) < 4.78 is 14.9. The van der Waals surface area contributed by atoms with Crippen molar-refractivity contribution in [3.63, 3.8) is 0 Å². The molecular formula is C13H12FN3. The van der Waals surface area contributed by atoms with E-state index in [0.29, 0.717) is 17.7 Å². The highest BCUT2D eigenvalue weighted by atomic mass is 19.1. The minimum atomic E-state index is -0.333.